The molecule has 0 heterocycles. The van der Waals surface area contributed by atoms with Gasteiger partial charge in [-0.3, -0.25) is 9.59 Å². The molecule has 2 aromatic carbocycles. The maximum Gasteiger partial charge on any atom is 0.255 e. The van der Waals surface area contributed by atoms with Crippen LogP contribution in [-0.4, -0.2) is 11.8 Å². The van der Waals surface area contributed by atoms with Crippen molar-refractivity contribution in [2.45, 2.75) is 6.92 Å². The minimum atomic E-state index is -0.274. The van der Waals surface area contributed by atoms with Gasteiger partial charge in [-0.05, 0) is 52.3 Å². The fourth-order valence-electron chi connectivity index (χ4n) is 1.72. The molecule has 6 heteroatoms. The highest BCUT2D eigenvalue weighted by Gasteiger charge is 2.08. The molecule has 2 rings (SSSR count). The highest BCUT2D eigenvalue weighted by Crippen LogP contribution is 2.24. The first-order valence-electron chi connectivity index (χ1n) is 6.10. The van der Waals surface area contributed by atoms with E-state index in [1.165, 1.54) is 6.92 Å². The summed E-state index contributed by atoms with van der Waals surface area (Å²) in [7, 11) is 0. The van der Waals surface area contributed by atoms with Crippen molar-refractivity contribution in [1.29, 1.82) is 0 Å². The number of hydrogen-bond donors (Lipinski definition) is 2. The summed E-state index contributed by atoms with van der Waals surface area (Å²) in [6.07, 6.45) is 0. The smallest absolute Gasteiger partial charge is 0.255 e. The zero-order chi connectivity index (χ0) is 15.4. The predicted molar refractivity (Wildman–Crippen MR) is 87.9 cm³/mol. The van der Waals surface area contributed by atoms with Gasteiger partial charge in [-0.2, -0.15) is 0 Å². The molecule has 2 amide bonds. The van der Waals surface area contributed by atoms with Gasteiger partial charge in [0.1, 0.15) is 0 Å². The summed E-state index contributed by atoms with van der Waals surface area (Å²) >= 11 is 9.24. The van der Waals surface area contributed by atoms with Crippen LogP contribution in [0.1, 0.15) is 17.3 Å². The third-order valence-electron chi connectivity index (χ3n) is 2.62. The van der Waals surface area contributed by atoms with E-state index in [9.17, 15) is 9.59 Å². The van der Waals surface area contributed by atoms with E-state index in [0.29, 0.717) is 22.0 Å². The molecule has 0 aliphatic carbocycles. The molecule has 21 heavy (non-hydrogen) atoms. The molecule has 0 atom stereocenters. The average Bonchev–Trinajstić information content (AvgIpc) is 2.41. The summed E-state index contributed by atoms with van der Waals surface area (Å²) in [6, 6.07) is 11.9. The molecule has 0 radical (unpaired) electrons. The lowest BCUT2D eigenvalue weighted by Gasteiger charge is -2.08. The van der Waals surface area contributed by atoms with Crippen LogP contribution in [0, 0.1) is 0 Å². The van der Waals surface area contributed by atoms with Gasteiger partial charge in [-0.1, -0.05) is 17.7 Å². The average molecular weight is 368 g/mol. The van der Waals surface area contributed by atoms with Crippen LogP contribution in [0.4, 0.5) is 11.4 Å². The van der Waals surface area contributed by atoms with E-state index < -0.39 is 0 Å². The lowest BCUT2D eigenvalue weighted by Crippen LogP contribution is -2.12. The Morgan fingerprint density at radius 1 is 1.05 bits per heavy atom. The number of carbonyl (C=O) groups excluding carboxylic acids is 2. The molecule has 2 aromatic rings. The first-order chi connectivity index (χ1) is 9.95. The minimum Gasteiger partial charge on any atom is -0.326 e. The second-order valence-electron chi connectivity index (χ2n) is 4.35. The van der Waals surface area contributed by atoms with Crippen LogP contribution >= 0.6 is 27.5 Å². The highest BCUT2D eigenvalue weighted by molar-refractivity contribution is 9.10. The maximum absolute atomic E-state index is 12.1. The van der Waals surface area contributed by atoms with Crippen molar-refractivity contribution in [1.82, 2.24) is 0 Å². The Hall–Kier alpha value is -1.85. The predicted octanol–water partition coefficient (Wildman–Crippen LogP) is 4.31. The minimum absolute atomic E-state index is 0.168. The lowest BCUT2D eigenvalue weighted by molar-refractivity contribution is -0.114. The van der Waals surface area contributed by atoms with Crippen LogP contribution in [0.5, 0.6) is 0 Å². The maximum atomic E-state index is 12.1. The van der Waals surface area contributed by atoms with E-state index >= 15 is 0 Å². The molecule has 0 aromatic heterocycles. The van der Waals surface area contributed by atoms with Gasteiger partial charge in [-0.15, -0.1) is 0 Å². The van der Waals surface area contributed by atoms with Crippen LogP contribution in [0.2, 0.25) is 5.02 Å². The molecule has 0 aliphatic heterocycles. The second-order valence-corrected chi connectivity index (χ2v) is 5.61. The summed E-state index contributed by atoms with van der Waals surface area (Å²) in [6.45, 7) is 1.43. The number of amides is 2. The van der Waals surface area contributed by atoms with Crippen molar-refractivity contribution in [2.24, 2.45) is 0 Å². The van der Waals surface area contributed by atoms with Crippen LogP contribution < -0.4 is 10.6 Å². The molecule has 0 aliphatic rings. The Bertz CT molecular complexity index is 704. The molecule has 0 saturated carbocycles. The summed E-state index contributed by atoms with van der Waals surface area (Å²) in [4.78, 5) is 23.2. The third kappa shape index (κ3) is 4.31. The fourth-order valence-corrected chi connectivity index (χ4v) is 2.15. The van der Waals surface area contributed by atoms with Crippen molar-refractivity contribution in [3.05, 3.63) is 57.5 Å². The zero-order valence-corrected chi connectivity index (χ0v) is 13.5. The van der Waals surface area contributed by atoms with Crippen LogP contribution in [-0.2, 0) is 4.79 Å². The quantitative estimate of drug-likeness (QED) is 0.849. The number of halogens is 2. The Balaban J connectivity index is 2.15. The van der Waals surface area contributed by atoms with Crippen LogP contribution in [0.15, 0.2) is 46.9 Å². The highest BCUT2D eigenvalue weighted by atomic mass is 79.9. The molecule has 2 N–H and O–H groups in total. The number of nitrogens with one attached hydrogen (secondary N) is 2. The number of carbonyl (C=O) groups is 2. The lowest BCUT2D eigenvalue weighted by atomic mass is 10.2. The molecule has 4 nitrogen and oxygen atoms in total. The third-order valence-corrected chi connectivity index (χ3v) is 3.86. The largest absolute Gasteiger partial charge is 0.326 e. The van der Waals surface area contributed by atoms with Crippen molar-refractivity contribution in [3.63, 3.8) is 0 Å². The summed E-state index contributed by atoms with van der Waals surface area (Å²) in [5.41, 5.74) is 1.66. The molecule has 108 valence electrons. The summed E-state index contributed by atoms with van der Waals surface area (Å²) < 4.78 is 0.730. The first kappa shape index (κ1) is 15.5. The topological polar surface area (TPSA) is 58.2 Å². The number of benzene rings is 2. The second kappa shape index (κ2) is 6.74. The van der Waals surface area contributed by atoms with E-state index in [2.05, 4.69) is 26.6 Å². The Morgan fingerprint density at radius 3 is 2.33 bits per heavy atom. The van der Waals surface area contributed by atoms with E-state index in [-0.39, 0.29) is 11.8 Å². The molecule has 0 unspecified atom stereocenters. The SMILES string of the molecule is CC(=O)Nc1cccc(NC(=O)c2ccc(Br)c(Cl)c2)c1. The number of rotatable bonds is 3. The molecule has 0 bridgehead atoms. The van der Waals surface area contributed by atoms with E-state index in [1.807, 2.05) is 0 Å². The fraction of sp³-hybridized carbons (Fsp3) is 0.0667. The monoisotopic (exact) mass is 366 g/mol. The van der Waals surface area contributed by atoms with Gasteiger partial charge in [-0.25, -0.2) is 0 Å². The normalized spacial score (nSPS) is 10.0. The van der Waals surface area contributed by atoms with Crippen LogP contribution in [0.25, 0.3) is 0 Å². The van der Waals surface area contributed by atoms with E-state index in [0.717, 1.165) is 4.47 Å². The number of anilines is 2. The van der Waals surface area contributed by atoms with Crippen molar-refractivity contribution in [3.8, 4) is 0 Å². The van der Waals surface area contributed by atoms with E-state index in [4.69, 9.17) is 11.6 Å². The number of hydrogen-bond acceptors (Lipinski definition) is 2. The van der Waals surface area contributed by atoms with Gasteiger partial charge in [0.05, 0.1) is 5.02 Å². The van der Waals surface area contributed by atoms with Gasteiger partial charge in [0.15, 0.2) is 0 Å². The first-order valence-corrected chi connectivity index (χ1v) is 7.27. The van der Waals surface area contributed by atoms with Gasteiger partial charge >= 0.3 is 0 Å². The van der Waals surface area contributed by atoms with E-state index in [1.54, 1.807) is 42.5 Å². The molecule has 0 fully saturated rings. The van der Waals surface area contributed by atoms with Crippen molar-refractivity contribution >= 4 is 50.7 Å². The van der Waals surface area contributed by atoms with Crippen molar-refractivity contribution in [2.75, 3.05) is 10.6 Å². The Labute approximate surface area is 135 Å². The van der Waals surface area contributed by atoms with Gasteiger partial charge in [0.25, 0.3) is 5.91 Å². The summed E-state index contributed by atoms with van der Waals surface area (Å²) in [5, 5.41) is 5.88. The Morgan fingerprint density at radius 2 is 1.71 bits per heavy atom. The molecule has 0 saturated heterocycles. The zero-order valence-electron chi connectivity index (χ0n) is 11.1. The summed E-state index contributed by atoms with van der Waals surface area (Å²) in [5.74, 6) is -0.442. The molecular formula is C15H12BrClN2O2. The Kier molecular flexibility index (Phi) is 4.98. The van der Waals surface area contributed by atoms with Gasteiger partial charge in [0, 0.05) is 28.3 Å². The standard InChI is InChI=1S/C15H12BrClN2O2/c1-9(20)18-11-3-2-4-12(8-11)19-15(21)10-5-6-13(16)14(17)7-10/h2-8H,1H3,(H,18,20)(H,19,21). The molecule has 0 spiro atoms. The van der Waals surface area contributed by atoms with Crippen molar-refractivity contribution < 1.29 is 9.59 Å². The van der Waals surface area contributed by atoms with Gasteiger partial charge in [0.2, 0.25) is 5.91 Å². The molecular weight excluding hydrogens is 356 g/mol. The van der Waals surface area contributed by atoms with Crippen LogP contribution in [0.3, 0.4) is 0 Å². The van der Waals surface area contributed by atoms with Gasteiger partial charge < -0.3 is 10.6 Å².